The number of nitrogens with zero attached hydrogens (tertiary/aromatic N) is 2. The first kappa shape index (κ1) is 20.5. The molecule has 0 spiro atoms. The molecule has 0 saturated carbocycles. The lowest BCUT2D eigenvalue weighted by Crippen LogP contribution is -2.20. The minimum absolute atomic E-state index is 0.166. The first-order valence-electron chi connectivity index (χ1n) is 9.84. The third-order valence-electron chi connectivity index (χ3n) is 4.46. The van der Waals surface area contributed by atoms with Gasteiger partial charge in [0.1, 0.15) is 17.4 Å². The molecular formula is C25H21N3O2S. The predicted molar refractivity (Wildman–Crippen MR) is 123 cm³/mol. The molecule has 0 bridgehead atoms. The second kappa shape index (κ2) is 10.3. The van der Waals surface area contributed by atoms with Gasteiger partial charge in [-0.05, 0) is 41.5 Å². The Hall–Kier alpha value is -3.77. The molecule has 31 heavy (non-hydrogen) atoms. The number of benzene rings is 2. The van der Waals surface area contributed by atoms with Gasteiger partial charge < -0.3 is 10.1 Å². The van der Waals surface area contributed by atoms with Gasteiger partial charge in [0.05, 0.1) is 12.2 Å². The van der Waals surface area contributed by atoms with Gasteiger partial charge in [0.2, 0.25) is 5.91 Å². The molecule has 154 valence electrons. The van der Waals surface area contributed by atoms with E-state index in [9.17, 15) is 4.79 Å². The van der Waals surface area contributed by atoms with Crippen LogP contribution in [0.4, 0.5) is 0 Å². The van der Waals surface area contributed by atoms with E-state index in [0.717, 1.165) is 33.1 Å². The molecule has 6 heteroatoms. The molecule has 2 aromatic carbocycles. The van der Waals surface area contributed by atoms with E-state index in [1.807, 2.05) is 72.1 Å². The highest BCUT2D eigenvalue weighted by Crippen LogP contribution is 2.22. The van der Waals surface area contributed by atoms with Crippen molar-refractivity contribution < 1.29 is 9.53 Å². The SMILES string of the molecule is O=C(/C=C/c1ccc(OCc2ccccc2)cc1)NCc1csc(-c2cccnc2)n1. The molecule has 5 nitrogen and oxygen atoms in total. The Morgan fingerprint density at radius 1 is 1.03 bits per heavy atom. The number of nitrogens with one attached hydrogen (secondary N) is 1. The Morgan fingerprint density at radius 3 is 2.65 bits per heavy atom. The van der Waals surface area contributed by atoms with Gasteiger partial charge in [-0.2, -0.15) is 0 Å². The number of rotatable bonds is 8. The summed E-state index contributed by atoms with van der Waals surface area (Å²) in [6.07, 6.45) is 6.81. The zero-order chi connectivity index (χ0) is 21.3. The van der Waals surface area contributed by atoms with Crippen LogP contribution in [0.15, 0.2) is 90.6 Å². The Kier molecular flexibility index (Phi) is 6.82. The number of aromatic nitrogens is 2. The number of pyridine rings is 1. The average Bonchev–Trinajstić information content (AvgIpc) is 3.31. The maximum atomic E-state index is 12.1. The van der Waals surface area contributed by atoms with E-state index in [-0.39, 0.29) is 5.91 Å². The van der Waals surface area contributed by atoms with Crippen molar-refractivity contribution in [2.45, 2.75) is 13.2 Å². The summed E-state index contributed by atoms with van der Waals surface area (Å²) >= 11 is 1.54. The molecule has 0 unspecified atom stereocenters. The summed E-state index contributed by atoms with van der Waals surface area (Å²) in [6, 6.07) is 21.5. The summed E-state index contributed by atoms with van der Waals surface area (Å²) < 4.78 is 5.78. The summed E-state index contributed by atoms with van der Waals surface area (Å²) in [5.41, 5.74) is 3.84. The molecule has 0 aliphatic heterocycles. The topological polar surface area (TPSA) is 64.1 Å². The van der Waals surface area contributed by atoms with Gasteiger partial charge in [0.25, 0.3) is 0 Å². The largest absolute Gasteiger partial charge is 0.489 e. The summed E-state index contributed by atoms with van der Waals surface area (Å²) in [5.74, 6) is 0.624. The minimum Gasteiger partial charge on any atom is -0.489 e. The first-order valence-corrected chi connectivity index (χ1v) is 10.7. The molecule has 0 saturated heterocycles. The van der Waals surface area contributed by atoms with E-state index in [4.69, 9.17) is 4.74 Å². The number of hydrogen-bond acceptors (Lipinski definition) is 5. The van der Waals surface area contributed by atoms with Gasteiger partial charge in [-0.25, -0.2) is 4.98 Å². The molecule has 0 fully saturated rings. The maximum absolute atomic E-state index is 12.1. The Morgan fingerprint density at radius 2 is 1.87 bits per heavy atom. The predicted octanol–water partition coefficient (Wildman–Crippen LogP) is 5.11. The number of carbonyl (C=O) groups is 1. The molecule has 2 aromatic heterocycles. The second-order valence-corrected chi connectivity index (χ2v) is 7.64. The maximum Gasteiger partial charge on any atom is 0.244 e. The quantitative estimate of drug-likeness (QED) is 0.397. The van der Waals surface area contributed by atoms with Gasteiger partial charge in [0.15, 0.2) is 0 Å². The van der Waals surface area contributed by atoms with Crippen molar-refractivity contribution in [3.8, 4) is 16.3 Å². The number of hydrogen-bond donors (Lipinski definition) is 1. The van der Waals surface area contributed by atoms with E-state index in [1.165, 1.54) is 17.4 Å². The van der Waals surface area contributed by atoms with Crippen molar-refractivity contribution in [1.82, 2.24) is 15.3 Å². The third kappa shape index (κ3) is 6.10. The molecule has 0 aliphatic rings. The van der Waals surface area contributed by atoms with Crippen LogP contribution in [0.1, 0.15) is 16.8 Å². The lowest BCUT2D eigenvalue weighted by molar-refractivity contribution is -0.116. The van der Waals surface area contributed by atoms with Crippen LogP contribution < -0.4 is 10.1 Å². The van der Waals surface area contributed by atoms with Gasteiger partial charge in [0, 0.05) is 29.4 Å². The highest BCUT2D eigenvalue weighted by molar-refractivity contribution is 7.13. The minimum atomic E-state index is -0.166. The normalized spacial score (nSPS) is 10.8. The van der Waals surface area contributed by atoms with Crippen molar-refractivity contribution >= 4 is 23.3 Å². The molecule has 2 heterocycles. The second-order valence-electron chi connectivity index (χ2n) is 6.78. The zero-order valence-electron chi connectivity index (χ0n) is 16.8. The van der Waals surface area contributed by atoms with E-state index in [2.05, 4.69) is 15.3 Å². The Balaban J connectivity index is 1.25. The molecule has 0 aliphatic carbocycles. The summed E-state index contributed by atoms with van der Waals surface area (Å²) in [7, 11) is 0. The van der Waals surface area contributed by atoms with Crippen LogP contribution in [0.3, 0.4) is 0 Å². The van der Waals surface area contributed by atoms with Gasteiger partial charge in [-0.3, -0.25) is 9.78 Å². The Bertz CT molecular complexity index is 1140. The fourth-order valence-electron chi connectivity index (χ4n) is 2.83. The van der Waals surface area contributed by atoms with E-state index in [0.29, 0.717) is 13.2 Å². The molecule has 1 N–H and O–H groups in total. The van der Waals surface area contributed by atoms with Crippen LogP contribution in [0.2, 0.25) is 0 Å². The lowest BCUT2D eigenvalue weighted by Gasteiger charge is -2.06. The summed E-state index contributed by atoms with van der Waals surface area (Å²) in [4.78, 5) is 20.8. The lowest BCUT2D eigenvalue weighted by atomic mass is 10.2. The molecule has 4 rings (SSSR count). The number of carbonyl (C=O) groups excluding carboxylic acids is 1. The third-order valence-corrected chi connectivity index (χ3v) is 5.40. The van der Waals surface area contributed by atoms with Crippen LogP contribution >= 0.6 is 11.3 Å². The molecule has 0 radical (unpaired) electrons. The van der Waals surface area contributed by atoms with Crippen LogP contribution in [0.5, 0.6) is 5.75 Å². The van der Waals surface area contributed by atoms with Crippen molar-refractivity contribution in [3.05, 3.63) is 107 Å². The first-order chi connectivity index (χ1) is 15.3. The van der Waals surface area contributed by atoms with Crippen LogP contribution in [0, 0.1) is 0 Å². The highest BCUT2D eigenvalue weighted by Gasteiger charge is 2.05. The summed E-state index contributed by atoms with van der Waals surface area (Å²) in [6.45, 7) is 0.906. The smallest absolute Gasteiger partial charge is 0.244 e. The van der Waals surface area contributed by atoms with E-state index >= 15 is 0 Å². The van der Waals surface area contributed by atoms with Gasteiger partial charge >= 0.3 is 0 Å². The van der Waals surface area contributed by atoms with Crippen molar-refractivity contribution in [3.63, 3.8) is 0 Å². The standard InChI is InChI=1S/C25H21N3O2S/c29-24(27-16-22-18-31-25(28-22)21-7-4-14-26-15-21)13-10-19-8-11-23(12-9-19)30-17-20-5-2-1-3-6-20/h1-15,18H,16-17H2,(H,27,29)/b13-10+. The molecule has 0 atom stereocenters. The monoisotopic (exact) mass is 427 g/mol. The summed E-state index contributed by atoms with van der Waals surface area (Å²) in [5, 5.41) is 5.70. The fraction of sp³-hybridized carbons (Fsp3) is 0.0800. The van der Waals surface area contributed by atoms with Crippen molar-refractivity contribution in [2.75, 3.05) is 0 Å². The highest BCUT2D eigenvalue weighted by atomic mass is 32.1. The zero-order valence-corrected chi connectivity index (χ0v) is 17.6. The van der Waals surface area contributed by atoms with Gasteiger partial charge in [-0.15, -0.1) is 11.3 Å². The van der Waals surface area contributed by atoms with Crippen molar-refractivity contribution in [1.29, 1.82) is 0 Å². The van der Waals surface area contributed by atoms with Crippen LogP contribution in [0.25, 0.3) is 16.6 Å². The van der Waals surface area contributed by atoms with Crippen LogP contribution in [-0.4, -0.2) is 15.9 Å². The number of amides is 1. The molecular weight excluding hydrogens is 406 g/mol. The Labute approximate surface area is 185 Å². The molecule has 1 amide bonds. The average molecular weight is 428 g/mol. The fourth-order valence-corrected chi connectivity index (χ4v) is 3.65. The van der Waals surface area contributed by atoms with Gasteiger partial charge in [-0.1, -0.05) is 42.5 Å². The van der Waals surface area contributed by atoms with Crippen molar-refractivity contribution in [2.24, 2.45) is 0 Å². The number of ether oxygens (including phenoxy) is 1. The number of thiazole rings is 1. The molecule has 4 aromatic rings. The van der Waals surface area contributed by atoms with E-state index < -0.39 is 0 Å². The van der Waals surface area contributed by atoms with Crippen LogP contribution in [-0.2, 0) is 17.9 Å². The van der Waals surface area contributed by atoms with E-state index in [1.54, 1.807) is 18.5 Å².